The fourth-order valence-electron chi connectivity index (χ4n) is 2.60. The summed E-state index contributed by atoms with van der Waals surface area (Å²) in [6.45, 7) is 2.68. The molecule has 0 spiro atoms. The summed E-state index contributed by atoms with van der Waals surface area (Å²) in [4.78, 5) is 19.8. The van der Waals surface area contributed by atoms with Gasteiger partial charge in [0.25, 0.3) is 5.56 Å². The zero-order valence-electron chi connectivity index (χ0n) is 14.4. The Kier molecular flexibility index (Phi) is 4.06. The monoisotopic (exact) mass is 382 g/mol. The number of rotatable bonds is 5. The molecule has 1 saturated carbocycles. The molecule has 8 nitrogen and oxygen atoms in total. The number of hydrogen-bond acceptors (Lipinski definition) is 7. The minimum Gasteiger partial charge on any atom is -0.377 e. The molecule has 0 bridgehead atoms. The van der Waals surface area contributed by atoms with Gasteiger partial charge in [0.15, 0.2) is 0 Å². The van der Waals surface area contributed by atoms with Gasteiger partial charge in [-0.25, -0.2) is 9.67 Å². The van der Waals surface area contributed by atoms with E-state index in [2.05, 4.69) is 25.7 Å². The third-order valence-corrected chi connectivity index (χ3v) is 4.56. The molecule has 0 atom stereocenters. The lowest BCUT2D eigenvalue weighted by atomic mass is 10.2. The van der Waals surface area contributed by atoms with Crippen LogP contribution in [0.5, 0.6) is 0 Å². The van der Waals surface area contributed by atoms with Crippen molar-refractivity contribution in [3.05, 3.63) is 34.4 Å². The lowest BCUT2D eigenvalue weighted by Crippen LogP contribution is -2.38. The number of halogens is 3. The molecule has 2 aromatic rings. The van der Waals surface area contributed by atoms with Crippen molar-refractivity contribution in [2.75, 3.05) is 23.8 Å². The Hall–Kier alpha value is -2.69. The quantitative estimate of drug-likeness (QED) is 0.820. The average molecular weight is 382 g/mol. The minimum absolute atomic E-state index is 0.0549. The van der Waals surface area contributed by atoms with Crippen LogP contribution < -0.4 is 16.2 Å². The normalized spacial score (nSPS) is 18.7. The second-order valence-corrected chi connectivity index (χ2v) is 6.98. The van der Waals surface area contributed by atoms with Crippen LogP contribution in [0.3, 0.4) is 0 Å². The molecule has 11 heteroatoms. The lowest BCUT2D eigenvalue weighted by Gasteiger charge is -2.26. The molecular weight excluding hydrogens is 365 g/mol. The van der Waals surface area contributed by atoms with Crippen molar-refractivity contribution in [1.82, 2.24) is 19.7 Å². The smallest absolute Gasteiger partial charge is 0.377 e. The zero-order valence-corrected chi connectivity index (χ0v) is 14.4. The van der Waals surface area contributed by atoms with E-state index in [1.165, 1.54) is 16.9 Å². The molecule has 4 rings (SSSR count). The molecule has 1 aliphatic carbocycles. The summed E-state index contributed by atoms with van der Waals surface area (Å²) in [6.07, 6.45) is -0.910. The van der Waals surface area contributed by atoms with Crippen molar-refractivity contribution in [2.24, 2.45) is 0 Å². The van der Waals surface area contributed by atoms with Crippen LogP contribution in [0.2, 0.25) is 0 Å². The summed E-state index contributed by atoms with van der Waals surface area (Å²) in [5.41, 5.74) is -1.37. The molecular formula is C16H17F3N6O2. The fourth-order valence-corrected chi connectivity index (χ4v) is 2.60. The third kappa shape index (κ3) is 3.72. The number of anilines is 3. The molecule has 2 fully saturated rings. The number of aromatic nitrogens is 4. The highest BCUT2D eigenvalue weighted by Gasteiger charge is 2.42. The lowest BCUT2D eigenvalue weighted by molar-refractivity contribution is -0.137. The molecule has 0 radical (unpaired) electrons. The van der Waals surface area contributed by atoms with Crippen LogP contribution in [-0.2, 0) is 10.9 Å². The molecule has 2 N–H and O–H groups in total. The second-order valence-electron chi connectivity index (χ2n) is 6.98. The van der Waals surface area contributed by atoms with Crippen LogP contribution in [0.4, 0.5) is 30.6 Å². The highest BCUT2D eigenvalue weighted by molar-refractivity contribution is 5.56. The van der Waals surface area contributed by atoms with Gasteiger partial charge in [-0.15, -0.1) is 0 Å². The van der Waals surface area contributed by atoms with E-state index in [1.807, 2.05) is 6.92 Å². The predicted octanol–water partition coefficient (Wildman–Crippen LogP) is 2.33. The highest BCUT2D eigenvalue weighted by Crippen LogP contribution is 2.41. The Balaban J connectivity index is 1.59. The first kappa shape index (κ1) is 17.7. The molecule has 144 valence electrons. The zero-order chi connectivity index (χ0) is 19.2. The van der Waals surface area contributed by atoms with Crippen molar-refractivity contribution >= 4 is 17.5 Å². The molecule has 2 aromatic heterocycles. The van der Waals surface area contributed by atoms with Gasteiger partial charge >= 0.3 is 6.18 Å². The van der Waals surface area contributed by atoms with Crippen molar-refractivity contribution in [1.29, 1.82) is 0 Å². The number of nitrogens with zero attached hydrogens (tertiary/aromatic N) is 4. The SMILES string of the molecule is CC1(Nc2nc(Nc3cnn(C4COC4)c(=O)c3)ncc2C(F)(F)F)CC1. The van der Waals surface area contributed by atoms with Gasteiger partial charge < -0.3 is 15.4 Å². The summed E-state index contributed by atoms with van der Waals surface area (Å²) in [5, 5.41) is 9.63. The van der Waals surface area contributed by atoms with E-state index in [9.17, 15) is 18.0 Å². The molecule has 0 unspecified atom stereocenters. The Morgan fingerprint density at radius 1 is 1.30 bits per heavy atom. The van der Waals surface area contributed by atoms with Crippen LogP contribution in [0, 0.1) is 0 Å². The van der Waals surface area contributed by atoms with Gasteiger partial charge in [-0.3, -0.25) is 4.79 Å². The Morgan fingerprint density at radius 2 is 2.04 bits per heavy atom. The summed E-state index contributed by atoms with van der Waals surface area (Å²) < 4.78 is 46.0. The molecule has 1 saturated heterocycles. The van der Waals surface area contributed by atoms with Crippen LogP contribution >= 0.6 is 0 Å². The number of alkyl halides is 3. The molecule has 27 heavy (non-hydrogen) atoms. The van der Waals surface area contributed by atoms with Gasteiger partial charge in [0, 0.05) is 17.8 Å². The standard InChI is InChI=1S/C16H17F3N6O2/c1-15(2-3-15)24-13-11(16(17,18)19)6-20-14(23-13)22-9-4-12(26)25(21-5-9)10-7-27-8-10/h4-6,10H,2-3,7-8H2,1H3,(H2,20,22,23,24). The maximum atomic E-state index is 13.2. The van der Waals surface area contributed by atoms with Crippen molar-refractivity contribution in [3.63, 3.8) is 0 Å². The molecule has 0 aromatic carbocycles. The van der Waals surface area contributed by atoms with E-state index in [0.29, 0.717) is 18.9 Å². The van der Waals surface area contributed by atoms with Crippen LogP contribution in [0.1, 0.15) is 31.4 Å². The largest absolute Gasteiger partial charge is 0.421 e. The van der Waals surface area contributed by atoms with Gasteiger partial charge in [0.1, 0.15) is 17.4 Å². The highest BCUT2D eigenvalue weighted by atomic mass is 19.4. The first-order valence-corrected chi connectivity index (χ1v) is 8.40. The van der Waals surface area contributed by atoms with E-state index in [-0.39, 0.29) is 23.4 Å². The van der Waals surface area contributed by atoms with E-state index in [4.69, 9.17) is 4.74 Å². The molecule has 0 amide bonds. The van der Waals surface area contributed by atoms with E-state index in [0.717, 1.165) is 19.0 Å². The first-order valence-electron chi connectivity index (χ1n) is 8.40. The summed E-state index contributed by atoms with van der Waals surface area (Å²) in [5.74, 6) is -0.339. The first-order chi connectivity index (χ1) is 12.7. The van der Waals surface area contributed by atoms with Crippen LogP contribution in [-0.4, -0.2) is 38.5 Å². The fraction of sp³-hybridized carbons (Fsp3) is 0.500. The van der Waals surface area contributed by atoms with Crippen molar-refractivity contribution < 1.29 is 17.9 Å². The maximum absolute atomic E-state index is 13.2. The van der Waals surface area contributed by atoms with Crippen LogP contribution in [0.25, 0.3) is 0 Å². The minimum atomic E-state index is -4.57. The average Bonchev–Trinajstić information content (AvgIpc) is 3.24. The Labute approximate surface area is 151 Å². The molecule has 3 heterocycles. The van der Waals surface area contributed by atoms with Crippen molar-refractivity contribution in [2.45, 2.75) is 37.5 Å². The number of hydrogen-bond donors (Lipinski definition) is 2. The van der Waals surface area contributed by atoms with Gasteiger partial charge in [-0.2, -0.15) is 23.3 Å². The van der Waals surface area contributed by atoms with Gasteiger partial charge in [-0.1, -0.05) is 0 Å². The number of ether oxygens (including phenoxy) is 1. The van der Waals surface area contributed by atoms with Gasteiger partial charge in [0.05, 0.1) is 25.1 Å². The third-order valence-electron chi connectivity index (χ3n) is 4.56. The second kappa shape index (κ2) is 6.19. The van der Waals surface area contributed by atoms with Crippen LogP contribution in [0.15, 0.2) is 23.3 Å². The molecule has 2 aliphatic rings. The van der Waals surface area contributed by atoms with Crippen molar-refractivity contribution in [3.8, 4) is 0 Å². The Morgan fingerprint density at radius 3 is 2.59 bits per heavy atom. The van der Waals surface area contributed by atoms with E-state index < -0.39 is 17.3 Å². The summed E-state index contributed by atoms with van der Waals surface area (Å²) in [6, 6.07) is 1.20. The number of nitrogens with one attached hydrogen (secondary N) is 2. The molecule has 1 aliphatic heterocycles. The summed E-state index contributed by atoms with van der Waals surface area (Å²) in [7, 11) is 0. The van der Waals surface area contributed by atoms with Gasteiger partial charge in [-0.05, 0) is 19.8 Å². The topological polar surface area (TPSA) is 94.0 Å². The van der Waals surface area contributed by atoms with E-state index >= 15 is 0 Å². The Bertz CT molecular complexity index is 921. The van der Waals surface area contributed by atoms with Gasteiger partial charge in [0.2, 0.25) is 5.95 Å². The van der Waals surface area contributed by atoms with E-state index in [1.54, 1.807) is 0 Å². The predicted molar refractivity (Wildman–Crippen MR) is 89.9 cm³/mol. The maximum Gasteiger partial charge on any atom is 0.421 e. The summed E-state index contributed by atoms with van der Waals surface area (Å²) >= 11 is 0.